The second kappa shape index (κ2) is 43.4. The maximum atomic E-state index is 12.6. The lowest BCUT2D eigenvalue weighted by molar-refractivity contribution is -0.161. The Labute approximate surface area is 365 Å². The van der Waals surface area contributed by atoms with E-state index in [4.69, 9.17) is 24.8 Å². The second-order valence-corrected chi connectivity index (χ2v) is 17.7. The van der Waals surface area contributed by atoms with Crippen LogP contribution < -0.4 is 5.73 Å². The van der Waals surface area contributed by atoms with Gasteiger partial charge in [0, 0.05) is 12.8 Å². The van der Waals surface area contributed by atoms with Gasteiger partial charge in [-0.3, -0.25) is 23.4 Å². The predicted molar refractivity (Wildman–Crippen MR) is 245 cm³/mol. The van der Waals surface area contributed by atoms with Crippen LogP contribution in [0.5, 0.6) is 0 Å². The number of unbranched alkanes of at least 4 members (excludes halogenated alkanes) is 25. The Morgan fingerprint density at radius 2 is 0.933 bits per heavy atom. The molecule has 0 bridgehead atoms. The molecule has 0 radical (unpaired) electrons. The van der Waals surface area contributed by atoms with Crippen LogP contribution in [0.2, 0.25) is 0 Å². The summed E-state index contributed by atoms with van der Waals surface area (Å²) in [6.45, 7) is 2.70. The molecule has 0 fully saturated rings. The lowest BCUT2D eigenvalue weighted by atomic mass is 10.0. The summed E-state index contributed by atoms with van der Waals surface area (Å²) in [5.41, 5.74) is 5.34. The summed E-state index contributed by atoms with van der Waals surface area (Å²) in [5, 5.41) is 8.90. The Morgan fingerprint density at radius 3 is 1.40 bits per heavy atom. The smallest absolute Gasteiger partial charge is 0.472 e. The van der Waals surface area contributed by atoms with Crippen LogP contribution in [-0.2, 0) is 37.5 Å². The first-order valence-electron chi connectivity index (χ1n) is 24.0. The van der Waals surface area contributed by atoms with Gasteiger partial charge in [-0.2, -0.15) is 0 Å². The summed E-state index contributed by atoms with van der Waals surface area (Å²) >= 11 is 0. The number of aliphatic carboxylic acids is 1. The van der Waals surface area contributed by atoms with Gasteiger partial charge in [-0.1, -0.05) is 198 Å². The largest absolute Gasteiger partial charge is 0.480 e. The van der Waals surface area contributed by atoms with Crippen LogP contribution in [0.25, 0.3) is 0 Å². The molecule has 0 saturated heterocycles. The number of hydrogen-bond donors (Lipinski definition) is 3. The number of carbonyl (C=O) groups excluding carboxylic acids is 2. The van der Waals surface area contributed by atoms with E-state index in [9.17, 15) is 23.8 Å². The van der Waals surface area contributed by atoms with Gasteiger partial charge in [0.2, 0.25) is 0 Å². The monoisotopic (exact) mass is 870 g/mol. The van der Waals surface area contributed by atoms with Crippen molar-refractivity contribution in [3.05, 3.63) is 36.5 Å². The lowest BCUT2D eigenvalue weighted by Gasteiger charge is -2.20. The first-order valence-corrected chi connectivity index (χ1v) is 25.5. The molecule has 11 nitrogen and oxygen atoms in total. The Morgan fingerprint density at radius 1 is 0.533 bits per heavy atom. The van der Waals surface area contributed by atoms with Crippen molar-refractivity contribution < 1.29 is 47.5 Å². The SMILES string of the molecule is CC/C=C\C/C=C\C/C=C\CCCCCCCC(=O)O[C@H](COC(=O)CCCCCCCCCCCCCCCCCCCCCCC)COP(=O)(O)OC[C@H](N)C(=O)O. The highest BCUT2D eigenvalue weighted by molar-refractivity contribution is 7.47. The average molecular weight is 870 g/mol. The number of ether oxygens (including phenoxy) is 2. The van der Waals surface area contributed by atoms with Gasteiger partial charge in [-0.15, -0.1) is 0 Å². The number of phosphoric acid groups is 1. The third-order valence-electron chi connectivity index (χ3n) is 10.4. The number of carbonyl (C=O) groups is 3. The molecule has 0 aliphatic carbocycles. The standard InChI is InChI=1S/C48H88NO10P/c1-3-5-7-9-11-13-15-17-19-20-21-22-23-24-26-27-29-31-33-35-37-39-46(50)56-41-44(42-57-60(54,55)58-43-45(49)48(52)53)59-47(51)40-38-36-34-32-30-28-25-18-16-14-12-10-8-6-4-2/h6,8,12,14,18,25,44-45H,3-5,7,9-11,13,15-17,19-24,26-43,49H2,1-2H3,(H,52,53)(H,54,55)/b8-6-,14-12-,25-18-/t44-,45+/m1/s1. The highest BCUT2D eigenvalue weighted by Gasteiger charge is 2.28. The van der Waals surface area contributed by atoms with Crippen LogP contribution >= 0.6 is 7.82 Å². The van der Waals surface area contributed by atoms with Gasteiger partial charge in [0.25, 0.3) is 0 Å². The zero-order valence-corrected chi connectivity index (χ0v) is 38.9. The molecule has 0 heterocycles. The van der Waals surface area contributed by atoms with Crippen LogP contribution in [-0.4, -0.2) is 59.9 Å². The van der Waals surface area contributed by atoms with Gasteiger partial charge in [-0.05, 0) is 44.9 Å². The molecule has 0 saturated carbocycles. The summed E-state index contributed by atoms with van der Waals surface area (Å²) in [4.78, 5) is 46.1. The molecule has 4 N–H and O–H groups in total. The molecule has 3 atom stereocenters. The fraction of sp³-hybridized carbons (Fsp3) is 0.812. The number of phosphoric ester groups is 1. The molecule has 0 aliphatic rings. The number of esters is 2. The first kappa shape index (κ1) is 57.7. The minimum absolute atomic E-state index is 0.143. The number of rotatable bonds is 45. The summed E-state index contributed by atoms with van der Waals surface area (Å²) in [6.07, 6.45) is 47.8. The lowest BCUT2D eigenvalue weighted by Crippen LogP contribution is -2.34. The Bertz CT molecular complexity index is 1160. The summed E-state index contributed by atoms with van der Waals surface area (Å²) in [6, 6.07) is -1.52. The van der Waals surface area contributed by atoms with Crippen molar-refractivity contribution in [2.45, 2.75) is 231 Å². The summed E-state index contributed by atoms with van der Waals surface area (Å²) < 4.78 is 32.8. The van der Waals surface area contributed by atoms with E-state index in [0.717, 1.165) is 70.6 Å². The van der Waals surface area contributed by atoms with E-state index in [1.807, 2.05) is 0 Å². The molecule has 0 aromatic carbocycles. The molecule has 0 amide bonds. The van der Waals surface area contributed by atoms with Crippen LogP contribution in [0.1, 0.15) is 219 Å². The van der Waals surface area contributed by atoms with Crippen molar-refractivity contribution in [2.24, 2.45) is 5.73 Å². The van der Waals surface area contributed by atoms with Gasteiger partial charge in [0.1, 0.15) is 12.6 Å². The quantitative estimate of drug-likeness (QED) is 0.0230. The van der Waals surface area contributed by atoms with Crippen molar-refractivity contribution in [2.75, 3.05) is 19.8 Å². The van der Waals surface area contributed by atoms with Crippen LogP contribution in [0.15, 0.2) is 36.5 Å². The maximum Gasteiger partial charge on any atom is 0.472 e. The number of carboxylic acids is 1. The molecular weight excluding hydrogens is 781 g/mol. The van der Waals surface area contributed by atoms with Gasteiger partial charge < -0.3 is 25.2 Å². The Balaban J connectivity index is 4.25. The normalized spacial score (nSPS) is 13.9. The molecule has 0 aromatic rings. The third-order valence-corrected chi connectivity index (χ3v) is 11.4. The van der Waals surface area contributed by atoms with Crippen molar-refractivity contribution in [1.82, 2.24) is 0 Å². The fourth-order valence-corrected chi connectivity index (χ4v) is 7.45. The summed E-state index contributed by atoms with van der Waals surface area (Å²) in [7, 11) is -4.72. The van der Waals surface area contributed by atoms with E-state index < -0.39 is 51.1 Å². The number of hydrogen-bond acceptors (Lipinski definition) is 9. The Kier molecular flexibility index (Phi) is 41.7. The van der Waals surface area contributed by atoms with E-state index in [-0.39, 0.29) is 19.4 Å². The van der Waals surface area contributed by atoms with Crippen molar-refractivity contribution in [3.8, 4) is 0 Å². The van der Waals surface area contributed by atoms with Gasteiger partial charge >= 0.3 is 25.7 Å². The van der Waals surface area contributed by atoms with E-state index in [1.165, 1.54) is 109 Å². The van der Waals surface area contributed by atoms with Crippen LogP contribution in [0, 0.1) is 0 Å². The first-order chi connectivity index (χ1) is 29.1. The van der Waals surface area contributed by atoms with E-state index >= 15 is 0 Å². The summed E-state index contributed by atoms with van der Waals surface area (Å²) in [5.74, 6) is -2.39. The molecule has 0 rings (SSSR count). The number of carboxylic acid groups (broad SMARTS) is 1. The molecule has 0 spiro atoms. The van der Waals surface area contributed by atoms with Crippen molar-refractivity contribution in [1.29, 1.82) is 0 Å². The van der Waals surface area contributed by atoms with E-state index in [0.29, 0.717) is 12.8 Å². The predicted octanol–water partition coefficient (Wildman–Crippen LogP) is 13.2. The van der Waals surface area contributed by atoms with Crippen LogP contribution in [0.3, 0.4) is 0 Å². The molecule has 0 aliphatic heterocycles. The molecule has 0 aromatic heterocycles. The average Bonchev–Trinajstić information content (AvgIpc) is 3.22. The highest BCUT2D eigenvalue weighted by atomic mass is 31.2. The second-order valence-electron chi connectivity index (χ2n) is 16.2. The minimum Gasteiger partial charge on any atom is -0.480 e. The zero-order chi connectivity index (χ0) is 44.2. The van der Waals surface area contributed by atoms with E-state index in [1.54, 1.807) is 0 Å². The third kappa shape index (κ3) is 42.4. The van der Waals surface area contributed by atoms with Crippen molar-refractivity contribution >= 4 is 25.7 Å². The number of allylic oxidation sites excluding steroid dienone is 6. The minimum atomic E-state index is -4.72. The molecular formula is C48H88NO10P. The molecule has 12 heteroatoms. The highest BCUT2D eigenvalue weighted by Crippen LogP contribution is 2.43. The molecule has 350 valence electrons. The van der Waals surface area contributed by atoms with Crippen molar-refractivity contribution in [3.63, 3.8) is 0 Å². The van der Waals surface area contributed by atoms with Gasteiger partial charge in [-0.25, -0.2) is 4.57 Å². The maximum absolute atomic E-state index is 12.6. The number of nitrogens with two attached hydrogens (primary N) is 1. The topological polar surface area (TPSA) is 172 Å². The Hall–Kier alpha value is -2.30. The van der Waals surface area contributed by atoms with Gasteiger partial charge in [0.05, 0.1) is 13.2 Å². The molecule has 60 heavy (non-hydrogen) atoms. The van der Waals surface area contributed by atoms with Gasteiger partial charge in [0.15, 0.2) is 6.10 Å². The fourth-order valence-electron chi connectivity index (χ4n) is 6.67. The zero-order valence-electron chi connectivity index (χ0n) is 38.1. The van der Waals surface area contributed by atoms with E-state index in [2.05, 4.69) is 54.8 Å². The molecule has 1 unspecified atom stereocenters. The van der Waals surface area contributed by atoms with Crippen LogP contribution in [0.4, 0.5) is 0 Å².